The molecule has 0 radical (unpaired) electrons. The van der Waals surface area contributed by atoms with Crippen LogP contribution in [0.3, 0.4) is 0 Å². The fourth-order valence-corrected chi connectivity index (χ4v) is 1.60. The Morgan fingerprint density at radius 2 is 2.22 bits per heavy atom. The molecule has 1 aromatic heterocycles. The second kappa shape index (κ2) is 7.16. The van der Waals surface area contributed by atoms with Crippen LogP contribution in [0.5, 0.6) is 5.88 Å². The van der Waals surface area contributed by atoms with Crippen LogP contribution in [0.2, 0.25) is 0 Å². The van der Waals surface area contributed by atoms with E-state index in [4.69, 9.17) is 9.84 Å². The summed E-state index contributed by atoms with van der Waals surface area (Å²) in [4.78, 5) is 4.18. The summed E-state index contributed by atoms with van der Waals surface area (Å²) in [5.41, 5.74) is 0.877. The van der Waals surface area contributed by atoms with Gasteiger partial charge >= 0.3 is 0 Å². The van der Waals surface area contributed by atoms with Gasteiger partial charge < -0.3 is 15.1 Å². The second-order valence-corrected chi connectivity index (χ2v) is 4.77. The molecule has 5 nitrogen and oxygen atoms in total. The standard InChI is InChI=1S/C13H22N2O3/c1-4-5-6-18-13-12(7-10(2)3)15(17)8-11(9-16)14-13/h8,10,16H,4-7,9H2,1-3H3. The number of aromatic nitrogens is 2. The number of nitrogens with zero attached hydrogens (tertiary/aromatic N) is 2. The summed E-state index contributed by atoms with van der Waals surface area (Å²) < 4.78 is 6.32. The molecule has 0 aliphatic rings. The maximum absolute atomic E-state index is 11.9. The molecule has 0 atom stereocenters. The lowest BCUT2D eigenvalue weighted by Crippen LogP contribution is -2.34. The maximum atomic E-state index is 11.9. The molecular formula is C13H22N2O3. The average Bonchev–Trinajstić information content (AvgIpc) is 2.32. The van der Waals surface area contributed by atoms with Gasteiger partial charge in [-0.1, -0.05) is 27.2 Å². The van der Waals surface area contributed by atoms with Gasteiger partial charge in [-0.3, -0.25) is 0 Å². The Hall–Kier alpha value is -1.36. The molecule has 0 spiro atoms. The van der Waals surface area contributed by atoms with Crippen LogP contribution in [0.1, 0.15) is 45.0 Å². The van der Waals surface area contributed by atoms with Gasteiger partial charge in [0.2, 0.25) is 6.20 Å². The predicted octanol–water partition coefficient (Wildman–Crippen LogP) is 1.58. The number of aliphatic hydroxyl groups excluding tert-OH is 1. The van der Waals surface area contributed by atoms with Gasteiger partial charge in [0.1, 0.15) is 5.69 Å². The van der Waals surface area contributed by atoms with Crippen LogP contribution in [0.25, 0.3) is 0 Å². The molecule has 1 N–H and O–H groups in total. The summed E-state index contributed by atoms with van der Waals surface area (Å²) in [5.74, 6) is 0.708. The summed E-state index contributed by atoms with van der Waals surface area (Å²) in [6.07, 6.45) is 3.87. The van der Waals surface area contributed by atoms with Crippen molar-refractivity contribution in [2.24, 2.45) is 5.92 Å². The molecule has 0 saturated heterocycles. The third kappa shape index (κ3) is 4.14. The van der Waals surface area contributed by atoms with Crippen molar-refractivity contribution in [2.45, 2.75) is 46.6 Å². The lowest BCUT2D eigenvalue weighted by Gasteiger charge is -2.12. The first-order valence-corrected chi connectivity index (χ1v) is 6.44. The zero-order valence-electron chi connectivity index (χ0n) is 11.3. The van der Waals surface area contributed by atoms with E-state index in [0.717, 1.165) is 17.6 Å². The summed E-state index contributed by atoms with van der Waals surface area (Å²) >= 11 is 0. The number of hydrogen-bond acceptors (Lipinski definition) is 4. The SMILES string of the molecule is CCCCOc1nc(CO)c[n+]([O-])c1CC(C)C. The first-order valence-electron chi connectivity index (χ1n) is 6.44. The molecule has 0 saturated carbocycles. The zero-order valence-corrected chi connectivity index (χ0v) is 11.3. The van der Waals surface area contributed by atoms with Gasteiger partial charge in [-0.05, 0) is 12.3 Å². The number of rotatable bonds is 7. The molecule has 18 heavy (non-hydrogen) atoms. The third-order valence-electron chi connectivity index (χ3n) is 2.52. The van der Waals surface area contributed by atoms with Crippen LogP contribution in [-0.2, 0) is 13.0 Å². The van der Waals surface area contributed by atoms with Crippen molar-refractivity contribution in [2.75, 3.05) is 6.61 Å². The Balaban J connectivity index is 2.96. The van der Waals surface area contributed by atoms with Gasteiger partial charge in [-0.2, -0.15) is 4.73 Å². The molecular weight excluding hydrogens is 232 g/mol. The minimum atomic E-state index is -0.256. The van der Waals surface area contributed by atoms with Gasteiger partial charge in [0, 0.05) is 6.42 Å². The quantitative estimate of drug-likeness (QED) is 0.455. The second-order valence-electron chi connectivity index (χ2n) is 4.77. The molecule has 0 bridgehead atoms. The molecule has 5 heteroatoms. The monoisotopic (exact) mass is 254 g/mol. The molecule has 1 rings (SSSR count). The van der Waals surface area contributed by atoms with E-state index in [1.807, 2.05) is 13.8 Å². The summed E-state index contributed by atoms with van der Waals surface area (Å²) in [5, 5.41) is 20.9. The summed E-state index contributed by atoms with van der Waals surface area (Å²) in [6.45, 7) is 6.44. The minimum absolute atomic E-state index is 0.256. The zero-order chi connectivity index (χ0) is 13.5. The van der Waals surface area contributed by atoms with Gasteiger partial charge in [-0.15, -0.1) is 0 Å². The first-order chi connectivity index (χ1) is 8.58. The smallest absolute Gasteiger partial charge is 0.285 e. The van der Waals surface area contributed by atoms with Crippen molar-refractivity contribution >= 4 is 0 Å². The Morgan fingerprint density at radius 1 is 1.50 bits per heavy atom. The Morgan fingerprint density at radius 3 is 2.78 bits per heavy atom. The first kappa shape index (κ1) is 14.7. The van der Waals surface area contributed by atoms with E-state index >= 15 is 0 Å². The molecule has 102 valence electrons. The van der Waals surface area contributed by atoms with Crippen LogP contribution in [0, 0.1) is 11.1 Å². The molecule has 1 heterocycles. The molecule has 0 aliphatic carbocycles. The Labute approximate surface area is 108 Å². The van der Waals surface area contributed by atoms with E-state index < -0.39 is 0 Å². The molecule has 0 fully saturated rings. The molecule has 0 aliphatic heterocycles. The number of unbranched alkanes of at least 4 members (excludes halogenated alkanes) is 1. The summed E-state index contributed by atoms with van der Waals surface area (Å²) in [6, 6.07) is 0. The van der Waals surface area contributed by atoms with Crippen molar-refractivity contribution in [3.05, 3.63) is 22.8 Å². The van der Waals surface area contributed by atoms with Crippen LogP contribution < -0.4 is 9.47 Å². The van der Waals surface area contributed by atoms with Gasteiger partial charge in [0.05, 0.1) is 13.2 Å². The van der Waals surface area contributed by atoms with Crippen LogP contribution >= 0.6 is 0 Å². The van der Waals surface area contributed by atoms with E-state index in [0.29, 0.717) is 36.2 Å². The Kier molecular flexibility index (Phi) is 5.85. The lowest BCUT2D eigenvalue weighted by molar-refractivity contribution is -0.616. The largest absolute Gasteiger partial charge is 0.618 e. The highest BCUT2D eigenvalue weighted by atomic mass is 16.5. The van der Waals surface area contributed by atoms with E-state index in [-0.39, 0.29) is 6.61 Å². The van der Waals surface area contributed by atoms with Crippen molar-refractivity contribution in [1.29, 1.82) is 0 Å². The normalized spacial score (nSPS) is 10.9. The predicted molar refractivity (Wildman–Crippen MR) is 68.1 cm³/mol. The highest BCUT2D eigenvalue weighted by Crippen LogP contribution is 2.16. The third-order valence-corrected chi connectivity index (χ3v) is 2.52. The highest BCUT2D eigenvalue weighted by Gasteiger charge is 2.19. The number of hydrogen-bond donors (Lipinski definition) is 1. The Bertz CT molecular complexity index is 381. The van der Waals surface area contributed by atoms with Gasteiger partial charge in [0.25, 0.3) is 11.6 Å². The van der Waals surface area contributed by atoms with Crippen LogP contribution in [0.15, 0.2) is 6.20 Å². The van der Waals surface area contributed by atoms with E-state index in [9.17, 15) is 5.21 Å². The molecule has 1 aromatic rings. The molecule has 0 aromatic carbocycles. The molecule has 0 unspecified atom stereocenters. The number of ether oxygens (including phenoxy) is 1. The van der Waals surface area contributed by atoms with Crippen molar-refractivity contribution in [1.82, 2.24) is 4.98 Å². The fourth-order valence-electron chi connectivity index (χ4n) is 1.60. The average molecular weight is 254 g/mol. The molecule has 0 amide bonds. The van der Waals surface area contributed by atoms with E-state index in [2.05, 4.69) is 11.9 Å². The van der Waals surface area contributed by atoms with Crippen LogP contribution in [-0.4, -0.2) is 16.7 Å². The highest BCUT2D eigenvalue weighted by molar-refractivity contribution is 5.16. The van der Waals surface area contributed by atoms with Crippen molar-refractivity contribution in [3.63, 3.8) is 0 Å². The topological polar surface area (TPSA) is 69.3 Å². The minimum Gasteiger partial charge on any atom is -0.618 e. The maximum Gasteiger partial charge on any atom is 0.285 e. The van der Waals surface area contributed by atoms with E-state index in [1.54, 1.807) is 0 Å². The lowest BCUT2D eigenvalue weighted by atomic mass is 10.1. The summed E-state index contributed by atoms with van der Waals surface area (Å²) in [7, 11) is 0. The van der Waals surface area contributed by atoms with Crippen molar-refractivity contribution in [3.8, 4) is 5.88 Å². The number of aliphatic hydroxyl groups is 1. The van der Waals surface area contributed by atoms with Crippen LogP contribution in [0.4, 0.5) is 0 Å². The van der Waals surface area contributed by atoms with Gasteiger partial charge in [-0.25, -0.2) is 4.98 Å². The van der Waals surface area contributed by atoms with E-state index in [1.165, 1.54) is 6.20 Å². The van der Waals surface area contributed by atoms with Gasteiger partial charge in [0.15, 0.2) is 0 Å². The fraction of sp³-hybridized carbons (Fsp3) is 0.692. The van der Waals surface area contributed by atoms with Crippen molar-refractivity contribution < 1.29 is 14.6 Å².